The van der Waals surface area contributed by atoms with Crippen LogP contribution in [0.1, 0.15) is 22.8 Å². The van der Waals surface area contributed by atoms with Crippen LogP contribution in [0, 0.1) is 0 Å². The summed E-state index contributed by atoms with van der Waals surface area (Å²) in [6, 6.07) is 12.2. The normalized spacial score (nSPS) is 12.3. The van der Waals surface area contributed by atoms with Gasteiger partial charge in [0.05, 0.1) is 12.2 Å². The summed E-state index contributed by atoms with van der Waals surface area (Å²) in [5.41, 5.74) is 6.40. The van der Waals surface area contributed by atoms with Crippen molar-refractivity contribution in [3.05, 3.63) is 63.6 Å². The Balaban J connectivity index is 1.65. The number of rotatable bonds is 4. The maximum atomic E-state index is 12.3. The van der Waals surface area contributed by atoms with Crippen molar-refractivity contribution in [2.75, 3.05) is 13.2 Å². The van der Waals surface area contributed by atoms with Gasteiger partial charge in [0, 0.05) is 15.6 Å². The molecular weight excluding hydrogens is 400 g/mol. The van der Waals surface area contributed by atoms with Gasteiger partial charge in [-0.05, 0) is 55.5 Å². The summed E-state index contributed by atoms with van der Waals surface area (Å²) in [6.07, 6.45) is 1.72. The highest BCUT2D eigenvalue weighted by Crippen LogP contribution is 2.30. The number of carbonyl (C=O) groups excluding carboxylic acids is 2. The van der Waals surface area contributed by atoms with E-state index in [9.17, 15) is 9.59 Å². The second-order valence-electron chi connectivity index (χ2n) is 5.51. The van der Waals surface area contributed by atoms with Gasteiger partial charge in [-0.3, -0.25) is 20.4 Å². The molecule has 2 aromatic carbocycles. The van der Waals surface area contributed by atoms with Gasteiger partial charge in [-0.25, -0.2) is 0 Å². The SMILES string of the molecule is CCOc1ccc2c(c1)C=C(C(=O)NNC(=O)c1ccc(Br)cc1)CO2. The zero-order chi connectivity index (χ0) is 18.5. The standard InChI is InChI=1S/C19H17BrN2O4/c1-2-25-16-7-8-17-13(10-16)9-14(11-26-17)19(24)22-21-18(23)12-3-5-15(20)6-4-12/h3-10H,2,11H2,1H3,(H,21,23)(H,22,24). The van der Waals surface area contributed by atoms with Gasteiger partial charge in [0.15, 0.2) is 0 Å². The van der Waals surface area contributed by atoms with Gasteiger partial charge >= 0.3 is 0 Å². The lowest BCUT2D eigenvalue weighted by Gasteiger charge is -2.18. The van der Waals surface area contributed by atoms with E-state index in [0.29, 0.717) is 29.2 Å². The van der Waals surface area contributed by atoms with Crippen LogP contribution >= 0.6 is 15.9 Å². The Morgan fingerprint density at radius 2 is 1.85 bits per heavy atom. The molecule has 0 radical (unpaired) electrons. The van der Waals surface area contributed by atoms with Crippen molar-refractivity contribution in [3.63, 3.8) is 0 Å². The molecule has 3 rings (SSSR count). The van der Waals surface area contributed by atoms with E-state index in [1.807, 2.05) is 19.1 Å². The summed E-state index contributed by atoms with van der Waals surface area (Å²) in [5, 5.41) is 0. The van der Waals surface area contributed by atoms with Crippen LogP contribution in [-0.4, -0.2) is 25.0 Å². The molecule has 2 amide bonds. The molecular formula is C19H17BrN2O4. The Kier molecular flexibility index (Phi) is 5.58. The van der Waals surface area contributed by atoms with Gasteiger partial charge in [0.25, 0.3) is 11.8 Å². The molecule has 0 spiro atoms. The number of hydrogen-bond donors (Lipinski definition) is 2. The number of fused-ring (bicyclic) bond motifs is 1. The second-order valence-corrected chi connectivity index (χ2v) is 6.42. The maximum absolute atomic E-state index is 12.3. The molecule has 6 nitrogen and oxygen atoms in total. The van der Waals surface area contributed by atoms with Crippen LogP contribution in [0.5, 0.6) is 11.5 Å². The quantitative estimate of drug-likeness (QED) is 0.750. The molecule has 26 heavy (non-hydrogen) atoms. The minimum Gasteiger partial charge on any atom is -0.494 e. The summed E-state index contributed by atoms with van der Waals surface area (Å²) in [6.45, 7) is 2.58. The first-order chi connectivity index (χ1) is 12.6. The third kappa shape index (κ3) is 4.23. The van der Waals surface area contributed by atoms with Gasteiger partial charge in [-0.1, -0.05) is 15.9 Å². The Hall–Kier alpha value is -2.80. The molecule has 0 bridgehead atoms. The summed E-state index contributed by atoms with van der Waals surface area (Å²) in [5.74, 6) is 0.560. The number of nitrogens with one attached hydrogen (secondary N) is 2. The van der Waals surface area contributed by atoms with E-state index in [4.69, 9.17) is 9.47 Å². The highest BCUT2D eigenvalue weighted by molar-refractivity contribution is 9.10. The number of ether oxygens (including phenoxy) is 2. The average molecular weight is 417 g/mol. The summed E-state index contributed by atoms with van der Waals surface area (Å²) in [4.78, 5) is 24.3. The Bertz CT molecular complexity index is 862. The molecule has 134 valence electrons. The van der Waals surface area contributed by atoms with E-state index in [-0.39, 0.29) is 6.61 Å². The fraction of sp³-hybridized carbons (Fsp3) is 0.158. The first-order valence-corrected chi connectivity index (χ1v) is 8.82. The molecule has 0 fully saturated rings. The van der Waals surface area contributed by atoms with E-state index in [0.717, 1.165) is 10.0 Å². The number of amides is 2. The van der Waals surface area contributed by atoms with Gasteiger partial charge in [-0.15, -0.1) is 0 Å². The molecule has 2 aromatic rings. The van der Waals surface area contributed by atoms with Gasteiger partial charge in [0.2, 0.25) is 0 Å². The van der Waals surface area contributed by atoms with Gasteiger partial charge in [-0.2, -0.15) is 0 Å². The summed E-state index contributed by atoms with van der Waals surface area (Å²) >= 11 is 3.31. The minimum absolute atomic E-state index is 0.126. The lowest BCUT2D eigenvalue weighted by molar-refractivity contribution is -0.118. The van der Waals surface area contributed by atoms with Crippen LogP contribution in [0.15, 0.2) is 52.5 Å². The Labute approximate surface area is 159 Å². The lowest BCUT2D eigenvalue weighted by Crippen LogP contribution is -2.43. The first kappa shape index (κ1) is 18.0. The fourth-order valence-corrected chi connectivity index (χ4v) is 2.67. The van der Waals surface area contributed by atoms with Crippen LogP contribution in [0.2, 0.25) is 0 Å². The molecule has 0 unspecified atom stereocenters. The lowest BCUT2D eigenvalue weighted by atomic mass is 10.1. The van der Waals surface area contributed by atoms with Crippen molar-refractivity contribution in [1.29, 1.82) is 0 Å². The third-order valence-electron chi connectivity index (χ3n) is 3.69. The number of benzene rings is 2. The van der Waals surface area contributed by atoms with Crippen molar-refractivity contribution >= 4 is 33.8 Å². The topological polar surface area (TPSA) is 76.7 Å². The monoisotopic (exact) mass is 416 g/mol. The molecule has 0 saturated heterocycles. The maximum Gasteiger partial charge on any atom is 0.269 e. The predicted molar refractivity (Wildman–Crippen MR) is 101 cm³/mol. The fourth-order valence-electron chi connectivity index (χ4n) is 2.41. The van der Waals surface area contributed by atoms with Crippen LogP contribution in [0.4, 0.5) is 0 Å². The zero-order valence-corrected chi connectivity index (χ0v) is 15.6. The third-order valence-corrected chi connectivity index (χ3v) is 4.22. The van der Waals surface area contributed by atoms with E-state index in [1.54, 1.807) is 36.4 Å². The highest BCUT2D eigenvalue weighted by Gasteiger charge is 2.18. The Morgan fingerprint density at radius 1 is 1.12 bits per heavy atom. The van der Waals surface area contributed by atoms with Crippen LogP contribution in [0.25, 0.3) is 6.08 Å². The molecule has 2 N–H and O–H groups in total. The minimum atomic E-state index is -0.428. The molecule has 0 saturated carbocycles. The predicted octanol–water partition coefficient (Wildman–Crippen LogP) is 3.08. The zero-order valence-electron chi connectivity index (χ0n) is 14.0. The molecule has 7 heteroatoms. The van der Waals surface area contributed by atoms with Crippen LogP contribution in [-0.2, 0) is 4.79 Å². The van der Waals surface area contributed by atoms with E-state index in [2.05, 4.69) is 26.8 Å². The smallest absolute Gasteiger partial charge is 0.269 e. The first-order valence-electron chi connectivity index (χ1n) is 8.03. The van der Waals surface area contributed by atoms with Crippen molar-refractivity contribution < 1.29 is 19.1 Å². The largest absolute Gasteiger partial charge is 0.494 e. The number of carbonyl (C=O) groups is 2. The number of hydrazine groups is 1. The molecule has 1 aliphatic heterocycles. The summed E-state index contributed by atoms with van der Waals surface area (Å²) in [7, 11) is 0. The van der Waals surface area contributed by atoms with Crippen LogP contribution in [0.3, 0.4) is 0 Å². The number of hydrogen-bond acceptors (Lipinski definition) is 4. The molecule has 0 aromatic heterocycles. The van der Waals surface area contributed by atoms with E-state index in [1.165, 1.54) is 0 Å². The van der Waals surface area contributed by atoms with E-state index >= 15 is 0 Å². The van der Waals surface area contributed by atoms with Crippen molar-refractivity contribution in [2.24, 2.45) is 0 Å². The molecule has 1 heterocycles. The van der Waals surface area contributed by atoms with Crippen molar-refractivity contribution in [1.82, 2.24) is 10.9 Å². The average Bonchev–Trinajstić information content (AvgIpc) is 2.66. The molecule has 0 atom stereocenters. The summed E-state index contributed by atoms with van der Waals surface area (Å²) < 4.78 is 11.9. The highest BCUT2D eigenvalue weighted by atomic mass is 79.9. The van der Waals surface area contributed by atoms with Gasteiger partial charge in [0.1, 0.15) is 18.1 Å². The second kappa shape index (κ2) is 8.05. The molecule has 0 aliphatic carbocycles. The van der Waals surface area contributed by atoms with Crippen molar-refractivity contribution in [3.8, 4) is 11.5 Å². The van der Waals surface area contributed by atoms with Gasteiger partial charge < -0.3 is 9.47 Å². The Morgan fingerprint density at radius 3 is 2.58 bits per heavy atom. The van der Waals surface area contributed by atoms with Crippen molar-refractivity contribution in [2.45, 2.75) is 6.92 Å². The number of halogens is 1. The molecule has 1 aliphatic rings. The van der Waals surface area contributed by atoms with Crippen LogP contribution < -0.4 is 20.3 Å². The van der Waals surface area contributed by atoms with E-state index < -0.39 is 11.8 Å².